The van der Waals surface area contributed by atoms with Crippen molar-refractivity contribution < 1.29 is 4.74 Å². The van der Waals surface area contributed by atoms with Gasteiger partial charge in [-0.2, -0.15) is 0 Å². The average molecular weight is 277 g/mol. The van der Waals surface area contributed by atoms with E-state index in [9.17, 15) is 0 Å². The zero-order chi connectivity index (χ0) is 15.0. The fraction of sp³-hybridized carbons (Fsp3) is 0.562. The molecule has 0 fully saturated rings. The van der Waals surface area contributed by atoms with E-state index in [4.69, 9.17) is 4.74 Å². The summed E-state index contributed by atoms with van der Waals surface area (Å²) < 4.78 is 6.00. The van der Waals surface area contributed by atoms with Crippen LogP contribution in [0.25, 0.3) is 0 Å². The van der Waals surface area contributed by atoms with Gasteiger partial charge >= 0.3 is 0 Å². The number of aryl methyl sites for hydroxylation is 1. The summed E-state index contributed by atoms with van der Waals surface area (Å²) in [6.45, 7) is 9.91. The largest absolute Gasteiger partial charge is 0.490 e. The maximum atomic E-state index is 6.00. The molecule has 0 bridgehead atoms. The molecule has 0 aromatic heterocycles. The number of guanidine groups is 1. The number of hydrogen-bond donors (Lipinski definition) is 2. The minimum Gasteiger partial charge on any atom is -0.490 e. The zero-order valence-electron chi connectivity index (χ0n) is 13.3. The van der Waals surface area contributed by atoms with E-state index in [-0.39, 0.29) is 6.10 Å². The third-order valence-electron chi connectivity index (χ3n) is 3.14. The second kappa shape index (κ2) is 8.46. The Hall–Kier alpha value is -1.71. The van der Waals surface area contributed by atoms with Gasteiger partial charge in [0.2, 0.25) is 0 Å². The zero-order valence-corrected chi connectivity index (χ0v) is 13.3. The van der Waals surface area contributed by atoms with E-state index < -0.39 is 0 Å². The number of nitrogens with zero attached hydrogens (tertiary/aromatic N) is 1. The van der Waals surface area contributed by atoms with E-state index in [2.05, 4.69) is 61.5 Å². The monoisotopic (exact) mass is 277 g/mol. The summed E-state index contributed by atoms with van der Waals surface area (Å²) in [5, 5.41) is 6.48. The van der Waals surface area contributed by atoms with Crippen LogP contribution in [0, 0.1) is 6.92 Å². The van der Waals surface area contributed by atoms with Crippen LogP contribution in [-0.2, 0) is 6.54 Å². The fourth-order valence-electron chi connectivity index (χ4n) is 1.78. The smallest absolute Gasteiger partial charge is 0.191 e. The molecule has 0 heterocycles. The molecule has 1 aromatic rings. The molecular weight excluding hydrogens is 250 g/mol. The second-order valence-corrected chi connectivity index (χ2v) is 4.90. The van der Waals surface area contributed by atoms with E-state index in [0.29, 0.717) is 6.54 Å². The molecule has 1 unspecified atom stereocenters. The highest BCUT2D eigenvalue weighted by Gasteiger charge is 2.08. The predicted octanol–water partition coefficient (Wildman–Crippen LogP) is 2.86. The molecular formula is C16H27N3O. The first kappa shape index (κ1) is 16.3. The molecule has 1 rings (SSSR count). The van der Waals surface area contributed by atoms with Crippen LogP contribution < -0.4 is 15.4 Å². The predicted molar refractivity (Wildman–Crippen MR) is 85.4 cm³/mol. The van der Waals surface area contributed by atoms with Gasteiger partial charge in [0.05, 0.1) is 6.10 Å². The lowest BCUT2D eigenvalue weighted by Gasteiger charge is -2.18. The van der Waals surface area contributed by atoms with E-state index in [0.717, 1.165) is 30.2 Å². The van der Waals surface area contributed by atoms with Gasteiger partial charge in [0.25, 0.3) is 0 Å². The minimum absolute atomic E-state index is 0.226. The highest BCUT2D eigenvalue weighted by Crippen LogP contribution is 2.22. The Labute approximate surface area is 122 Å². The van der Waals surface area contributed by atoms with Gasteiger partial charge in [0, 0.05) is 25.7 Å². The van der Waals surface area contributed by atoms with E-state index >= 15 is 0 Å². The highest BCUT2D eigenvalue weighted by molar-refractivity contribution is 5.79. The summed E-state index contributed by atoms with van der Waals surface area (Å²) in [6.07, 6.45) is 1.23. The van der Waals surface area contributed by atoms with Crippen LogP contribution in [0.15, 0.2) is 23.2 Å². The fourth-order valence-corrected chi connectivity index (χ4v) is 1.78. The van der Waals surface area contributed by atoms with Crippen molar-refractivity contribution in [3.8, 4) is 5.75 Å². The molecule has 0 saturated carbocycles. The van der Waals surface area contributed by atoms with Crippen molar-refractivity contribution in [2.45, 2.75) is 46.8 Å². The van der Waals surface area contributed by atoms with Crippen LogP contribution in [0.2, 0.25) is 0 Å². The first-order valence-corrected chi connectivity index (χ1v) is 7.31. The lowest BCUT2D eigenvalue weighted by Crippen LogP contribution is -2.36. The third-order valence-corrected chi connectivity index (χ3v) is 3.14. The Morgan fingerprint density at radius 2 is 2.05 bits per heavy atom. The van der Waals surface area contributed by atoms with Crippen LogP contribution in [-0.4, -0.2) is 25.7 Å². The maximum absolute atomic E-state index is 6.00. The number of hydrogen-bond acceptors (Lipinski definition) is 2. The van der Waals surface area contributed by atoms with Gasteiger partial charge in [-0.25, -0.2) is 0 Å². The number of benzene rings is 1. The van der Waals surface area contributed by atoms with Crippen molar-refractivity contribution >= 4 is 5.96 Å². The first-order valence-electron chi connectivity index (χ1n) is 7.31. The number of nitrogens with one attached hydrogen (secondary N) is 2. The molecule has 1 atom stereocenters. The van der Waals surface area contributed by atoms with Gasteiger partial charge in [0.15, 0.2) is 5.96 Å². The molecule has 0 aliphatic carbocycles. The number of aliphatic imine (C=N–C) groups is 1. The molecule has 0 saturated heterocycles. The lowest BCUT2D eigenvalue weighted by atomic mass is 10.1. The topological polar surface area (TPSA) is 45.7 Å². The normalized spacial score (nSPS) is 12.9. The Kier molecular flexibility index (Phi) is 6.91. The van der Waals surface area contributed by atoms with Crippen LogP contribution in [0.1, 0.15) is 38.3 Å². The van der Waals surface area contributed by atoms with Crippen molar-refractivity contribution in [2.24, 2.45) is 4.99 Å². The minimum atomic E-state index is 0.226. The van der Waals surface area contributed by atoms with Crippen LogP contribution in [0.3, 0.4) is 0 Å². The Morgan fingerprint density at radius 1 is 1.30 bits per heavy atom. The van der Waals surface area contributed by atoms with E-state index in [1.807, 2.05) is 0 Å². The van der Waals surface area contributed by atoms with Crippen molar-refractivity contribution in [3.63, 3.8) is 0 Å². The van der Waals surface area contributed by atoms with Gasteiger partial charge in [-0.3, -0.25) is 4.99 Å². The van der Waals surface area contributed by atoms with Gasteiger partial charge in [-0.05, 0) is 38.8 Å². The van der Waals surface area contributed by atoms with Crippen LogP contribution in [0.5, 0.6) is 5.75 Å². The SMILES string of the molecule is CCNC(=NC)NCc1ccc(C)cc1OC(C)CC. The molecule has 0 aliphatic rings. The summed E-state index contributed by atoms with van der Waals surface area (Å²) in [6, 6.07) is 6.31. The molecule has 4 heteroatoms. The van der Waals surface area contributed by atoms with Crippen molar-refractivity contribution in [2.75, 3.05) is 13.6 Å². The van der Waals surface area contributed by atoms with Gasteiger partial charge in [-0.1, -0.05) is 19.1 Å². The number of ether oxygens (including phenoxy) is 1. The van der Waals surface area contributed by atoms with E-state index in [1.54, 1.807) is 7.05 Å². The van der Waals surface area contributed by atoms with Crippen molar-refractivity contribution in [3.05, 3.63) is 29.3 Å². The lowest BCUT2D eigenvalue weighted by molar-refractivity contribution is 0.215. The second-order valence-electron chi connectivity index (χ2n) is 4.90. The summed E-state index contributed by atoms with van der Waals surface area (Å²) >= 11 is 0. The quantitative estimate of drug-likeness (QED) is 0.621. The highest BCUT2D eigenvalue weighted by atomic mass is 16.5. The summed E-state index contributed by atoms with van der Waals surface area (Å²) in [7, 11) is 1.77. The van der Waals surface area contributed by atoms with Gasteiger partial charge in [0.1, 0.15) is 5.75 Å². The Morgan fingerprint density at radius 3 is 2.65 bits per heavy atom. The van der Waals surface area contributed by atoms with Crippen molar-refractivity contribution in [1.29, 1.82) is 0 Å². The standard InChI is InChI=1S/C16H27N3O/c1-6-13(4)20-15-10-12(3)8-9-14(15)11-19-16(17-5)18-7-2/h8-10,13H,6-7,11H2,1-5H3,(H2,17,18,19). The van der Waals surface area contributed by atoms with Gasteiger partial charge in [-0.15, -0.1) is 0 Å². The first-order chi connectivity index (χ1) is 9.60. The molecule has 0 aliphatic heterocycles. The van der Waals surface area contributed by atoms with Crippen molar-refractivity contribution in [1.82, 2.24) is 10.6 Å². The third kappa shape index (κ3) is 5.11. The molecule has 0 spiro atoms. The average Bonchev–Trinajstić information content (AvgIpc) is 2.44. The molecule has 112 valence electrons. The summed E-state index contributed by atoms with van der Waals surface area (Å²) in [5.74, 6) is 1.77. The van der Waals surface area contributed by atoms with Crippen LogP contribution >= 0.6 is 0 Å². The van der Waals surface area contributed by atoms with Crippen LogP contribution in [0.4, 0.5) is 0 Å². The Bertz CT molecular complexity index is 443. The molecule has 2 N–H and O–H groups in total. The molecule has 0 radical (unpaired) electrons. The molecule has 0 amide bonds. The molecule has 20 heavy (non-hydrogen) atoms. The molecule has 1 aromatic carbocycles. The summed E-state index contributed by atoms with van der Waals surface area (Å²) in [5.41, 5.74) is 2.36. The van der Waals surface area contributed by atoms with E-state index in [1.165, 1.54) is 5.56 Å². The molecule has 4 nitrogen and oxygen atoms in total. The number of rotatable bonds is 6. The van der Waals surface area contributed by atoms with Gasteiger partial charge < -0.3 is 15.4 Å². The maximum Gasteiger partial charge on any atom is 0.191 e. The summed E-state index contributed by atoms with van der Waals surface area (Å²) in [4.78, 5) is 4.17. The Balaban J connectivity index is 2.78.